The van der Waals surface area contributed by atoms with Gasteiger partial charge >= 0.3 is 5.97 Å². The van der Waals surface area contributed by atoms with Crippen molar-refractivity contribution in [1.82, 2.24) is 31.5 Å². The number of carboxylic acids is 1. The van der Waals surface area contributed by atoms with E-state index in [9.17, 15) is 53.4 Å². The van der Waals surface area contributed by atoms with Crippen LogP contribution in [-0.2, 0) is 54.0 Å². The number of nitrogens with two attached hydrogens (primary N) is 2. The smallest absolute Gasteiger partial charge is 0.326 e. The van der Waals surface area contributed by atoms with Crippen LogP contribution in [-0.4, -0.2) is 144 Å². The van der Waals surface area contributed by atoms with Gasteiger partial charge in [-0.25, -0.2) is 4.79 Å². The number of nitrogens with zero attached hydrogens (tertiary/aromatic N) is 1. The molecule has 1 fully saturated rings. The number of hydrogen-bond donors (Lipinski definition) is 9. The molecule has 0 saturated carbocycles. The molecule has 0 aromatic heterocycles. The monoisotopic (exact) mass is 1010 g/mol. The van der Waals surface area contributed by atoms with Crippen molar-refractivity contribution >= 4 is 78.8 Å². The molecule has 20 nitrogen and oxygen atoms in total. The van der Waals surface area contributed by atoms with Crippen LogP contribution >= 0.6 is 11.8 Å². The Morgan fingerprint density at radius 1 is 1.00 bits per heavy atom. The number of benzene rings is 1. The first-order valence-electron chi connectivity index (χ1n) is 24.0. The predicted molar refractivity (Wildman–Crippen MR) is 266 cm³/mol. The second kappa shape index (κ2) is 24.8. The van der Waals surface area contributed by atoms with Crippen molar-refractivity contribution < 1.29 is 57.8 Å². The van der Waals surface area contributed by atoms with E-state index in [1.165, 1.54) is 0 Å². The van der Waals surface area contributed by atoms with E-state index in [1.54, 1.807) is 6.92 Å². The summed E-state index contributed by atoms with van der Waals surface area (Å²) in [7, 11) is -2.29. The summed E-state index contributed by atoms with van der Waals surface area (Å²) in [6.07, 6.45) is -1.87. The number of amides is 7. The summed E-state index contributed by atoms with van der Waals surface area (Å²) in [5.41, 5.74) is 14.5. The number of aliphatic carboxylic acids is 1. The molecule has 0 unspecified atom stereocenters. The molecule has 22 heteroatoms. The van der Waals surface area contributed by atoms with Gasteiger partial charge in [0, 0.05) is 56.4 Å². The number of ketones is 1. The van der Waals surface area contributed by atoms with Crippen LogP contribution in [0.4, 0.5) is 0 Å². The van der Waals surface area contributed by atoms with E-state index in [0.29, 0.717) is 29.7 Å². The number of aliphatic hydroxyl groups is 1. The van der Waals surface area contributed by atoms with Crippen molar-refractivity contribution in [2.45, 2.75) is 166 Å². The average Bonchev–Trinajstić information content (AvgIpc) is 3.87. The molecule has 1 aliphatic carbocycles. The van der Waals surface area contributed by atoms with Crippen LogP contribution in [0, 0.1) is 11.8 Å². The summed E-state index contributed by atoms with van der Waals surface area (Å²) in [4.78, 5) is 123. The molecule has 2 aliphatic heterocycles. The molecule has 0 radical (unpaired) electrons. The molecule has 0 bridgehead atoms. The number of nitrogens with one attached hydrogen (secondary N) is 5. The van der Waals surface area contributed by atoms with Crippen LogP contribution in [0.5, 0.6) is 0 Å². The fourth-order valence-electron chi connectivity index (χ4n) is 8.48. The van der Waals surface area contributed by atoms with Crippen LogP contribution in [0.3, 0.4) is 0 Å². The Hall–Kier alpha value is -5.16. The van der Waals surface area contributed by atoms with Gasteiger partial charge in [-0.05, 0) is 52.1 Å². The van der Waals surface area contributed by atoms with Gasteiger partial charge in [0.1, 0.15) is 24.2 Å². The summed E-state index contributed by atoms with van der Waals surface area (Å²) >= 11 is 1.16. The van der Waals surface area contributed by atoms with Gasteiger partial charge in [0.2, 0.25) is 41.4 Å². The summed E-state index contributed by atoms with van der Waals surface area (Å²) < 4.78 is 6.72. The molecule has 388 valence electrons. The van der Waals surface area contributed by atoms with Crippen molar-refractivity contribution in [2.75, 3.05) is 18.8 Å². The number of primary amides is 1. The van der Waals surface area contributed by atoms with Crippen LogP contribution in [0.1, 0.15) is 105 Å². The van der Waals surface area contributed by atoms with Crippen molar-refractivity contribution in [3.8, 4) is 0 Å². The first-order valence-corrected chi connectivity index (χ1v) is 27.9. The number of rotatable bonds is 15. The number of carbonyl (C=O) groups excluding carboxylic acids is 8. The third-order valence-corrected chi connectivity index (χ3v) is 19.8. The molecular formula is C48H74N8O12SSi. The molecule has 4 rings (SSSR count). The Morgan fingerprint density at radius 2 is 1.67 bits per heavy atom. The number of Topliss-reactive ketones (excluding diaryl/α,β-unsaturated/α-hetero) is 1. The molecule has 10 atom stereocenters. The number of aliphatic hydroxyl groups excluding tert-OH is 1. The zero-order valence-electron chi connectivity index (χ0n) is 41.8. The Morgan fingerprint density at radius 3 is 2.29 bits per heavy atom. The van der Waals surface area contributed by atoms with E-state index in [1.807, 2.05) is 45.0 Å². The minimum absolute atomic E-state index is 0.0486. The number of fused-ring (bicyclic) bond motifs is 2. The second-order valence-corrected chi connectivity index (χ2v) is 26.1. The van der Waals surface area contributed by atoms with Crippen LogP contribution in [0.25, 0.3) is 5.57 Å². The van der Waals surface area contributed by atoms with E-state index in [0.717, 1.165) is 27.8 Å². The van der Waals surface area contributed by atoms with E-state index >= 15 is 0 Å². The molecule has 0 spiro atoms. The maximum absolute atomic E-state index is 14.4. The fraction of sp³-hybridized carbons (Fsp3) is 0.646. The molecule has 1 aromatic rings. The maximum Gasteiger partial charge on any atom is 0.326 e. The highest BCUT2D eigenvalue weighted by molar-refractivity contribution is 8.03. The molecule has 11 N–H and O–H groups in total. The van der Waals surface area contributed by atoms with Gasteiger partial charge in [0.25, 0.3) is 0 Å². The molecule has 1 saturated heterocycles. The average molecular weight is 1020 g/mol. The number of carboxylic acid groups (broad SMARTS) is 1. The summed E-state index contributed by atoms with van der Waals surface area (Å²) in [6, 6.07) is -0.585. The normalized spacial score (nSPS) is 24.3. The zero-order valence-corrected chi connectivity index (χ0v) is 43.7. The van der Waals surface area contributed by atoms with E-state index in [-0.39, 0.29) is 49.1 Å². The largest absolute Gasteiger partial charge is 0.480 e. The lowest BCUT2D eigenvalue weighted by Gasteiger charge is -2.41. The Labute approximate surface area is 415 Å². The highest BCUT2D eigenvalue weighted by Gasteiger charge is 2.44. The van der Waals surface area contributed by atoms with Gasteiger partial charge in [0.15, 0.2) is 14.1 Å². The first-order chi connectivity index (χ1) is 32.7. The molecule has 70 heavy (non-hydrogen) atoms. The molecule has 7 amide bonds. The Kier molecular flexibility index (Phi) is 20.3. The standard InChI is InChI=1S/C48H74N8O12SSi/c1-10-25(3)42-45(64)51-22-40(61)52-33(43(62)54-32(21-38(49)59)46(65)56-23-28(57)19-34(56)47(66)67)24-69-37-18-27-14-12-13-15-29(27)30(37)20-31(35(58)16-17-39(60)55-42)53-44(63)41(50)26(4)36(11-2)68-70(8,9)48(5,6)7/h12-15,25-26,28,31-34,36,41-42,57H,10-11,16-24,50H2,1-9H3,(H2,49,59)(H,51,64)(H,52,61)(H,53,63)(H,54,62)(H,55,60)(H,66,67)/t25-,26-,28+,31+,32-,33+,34-,36-,41-,42-/m0/s1. The second-order valence-electron chi connectivity index (χ2n) is 20.2. The predicted octanol–water partition coefficient (Wildman–Crippen LogP) is 1.23. The highest BCUT2D eigenvalue weighted by Crippen LogP contribution is 2.42. The van der Waals surface area contributed by atoms with Gasteiger partial charge in [-0.1, -0.05) is 79.2 Å². The summed E-state index contributed by atoms with van der Waals surface area (Å²) in [5, 5.41) is 33.1. The first kappa shape index (κ1) is 57.4. The van der Waals surface area contributed by atoms with Gasteiger partial charge in [-0.15, -0.1) is 11.8 Å². The molecule has 2 heterocycles. The maximum atomic E-state index is 14.4. The lowest BCUT2D eigenvalue weighted by atomic mass is 9.92. The molecule has 3 aliphatic rings. The number of carbonyl (C=O) groups is 9. The summed E-state index contributed by atoms with van der Waals surface area (Å²) in [6.45, 7) is 16.9. The summed E-state index contributed by atoms with van der Waals surface area (Å²) in [5.74, 6) is -8.63. The van der Waals surface area contributed by atoms with Crippen LogP contribution < -0.4 is 38.1 Å². The van der Waals surface area contributed by atoms with Gasteiger partial charge in [-0.3, -0.25) is 38.4 Å². The molecule has 1 aromatic carbocycles. The quantitative estimate of drug-likeness (QED) is 0.112. The van der Waals surface area contributed by atoms with E-state index < -0.39 is 129 Å². The highest BCUT2D eigenvalue weighted by atomic mass is 32.2. The van der Waals surface area contributed by atoms with Gasteiger partial charge in [-0.2, -0.15) is 0 Å². The van der Waals surface area contributed by atoms with E-state index in [2.05, 4.69) is 60.4 Å². The van der Waals surface area contributed by atoms with Crippen molar-refractivity contribution in [2.24, 2.45) is 23.3 Å². The van der Waals surface area contributed by atoms with Crippen molar-refractivity contribution in [3.63, 3.8) is 0 Å². The Balaban J connectivity index is 1.76. The van der Waals surface area contributed by atoms with E-state index in [4.69, 9.17) is 15.9 Å². The number of thioether (sulfide) groups is 1. The Bertz CT molecular complexity index is 2180. The lowest BCUT2D eigenvalue weighted by Crippen LogP contribution is -2.58. The van der Waals surface area contributed by atoms with Crippen molar-refractivity contribution in [1.29, 1.82) is 0 Å². The molecular weight excluding hydrogens is 941 g/mol. The number of β-amino-alcohol motifs (C(OH)–C–C–N with tert-alkyl or cyclic N) is 1. The minimum atomic E-state index is -2.29. The fourth-order valence-corrected chi connectivity index (χ4v) is 11.2. The lowest BCUT2D eigenvalue weighted by molar-refractivity contribution is -0.149. The zero-order chi connectivity index (χ0) is 52.4. The van der Waals surface area contributed by atoms with Crippen molar-refractivity contribution in [3.05, 3.63) is 40.3 Å². The minimum Gasteiger partial charge on any atom is -0.480 e. The topological polar surface area (TPSA) is 319 Å². The van der Waals surface area contributed by atoms with Crippen LogP contribution in [0.2, 0.25) is 18.1 Å². The SMILES string of the molecule is CC[C@H](O[Si](C)(C)C(C)(C)C)[C@H](C)[C@H](N)C(=O)N[C@@H]1CC2=C(Cc3ccccc32)SC[C@H](C(=O)N[C@@H](CC(N)=O)C(=O)N2C[C@H](O)C[C@H]2C(=O)O)NC(=O)CNC(=O)[C@H]([C@@H](C)CC)NC(=O)CCC1=O. The number of allylic oxidation sites excluding steroid dienone is 1. The van der Waals surface area contributed by atoms with Gasteiger partial charge in [0.05, 0.1) is 31.2 Å². The third-order valence-electron chi connectivity index (χ3n) is 14.0. The van der Waals surface area contributed by atoms with Crippen LogP contribution in [0.15, 0.2) is 29.2 Å². The third kappa shape index (κ3) is 14.9. The van der Waals surface area contributed by atoms with Gasteiger partial charge < -0.3 is 57.6 Å². The number of likely N-dealkylation sites (tertiary alicyclic amines) is 1. The number of hydrogen-bond acceptors (Lipinski definition) is 13.